The molecular formula is C21H33N3O2. The van der Waals surface area contributed by atoms with E-state index in [0.29, 0.717) is 6.54 Å². The number of rotatable bonds is 7. The van der Waals surface area contributed by atoms with E-state index in [1.165, 1.54) is 0 Å². The zero-order valence-electron chi connectivity index (χ0n) is 16.6. The average Bonchev–Trinajstić information content (AvgIpc) is 2.64. The second-order valence-electron chi connectivity index (χ2n) is 7.25. The maximum atomic E-state index is 12.9. The van der Waals surface area contributed by atoms with Crippen molar-refractivity contribution in [2.45, 2.75) is 46.6 Å². The van der Waals surface area contributed by atoms with Crippen molar-refractivity contribution >= 4 is 17.5 Å². The molecule has 0 aromatic heterocycles. The molecular weight excluding hydrogens is 326 g/mol. The van der Waals surface area contributed by atoms with Gasteiger partial charge >= 0.3 is 0 Å². The van der Waals surface area contributed by atoms with Crippen molar-refractivity contribution in [1.29, 1.82) is 0 Å². The number of amides is 2. The fraction of sp³-hybridized carbons (Fsp3) is 0.619. The van der Waals surface area contributed by atoms with E-state index in [1.807, 2.05) is 67.8 Å². The van der Waals surface area contributed by atoms with Crippen LogP contribution >= 0.6 is 0 Å². The van der Waals surface area contributed by atoms with Gasteiger partial charge in [0.1, 0.15) is 0 Å². The first-order valence-corrected chi connectivity index (χ1v) is 9.86. The minimum atomic E-state index is 0.108. The minimum Gasteiger partial charge on any atom is -0.343 e. The standard InChI is InChI=1S/C21H33N3O2/c1-5-23(6-2)21(26)18-12-14-22(15-13-18)16-20(25)24(17(3)4)19-10-8-7-9-11-19/h7-11,17-18H,5-6,12-16H2,1-4H3. The van der Waals surface area contributed by atoms with Crippen molar-refractivity contribution in [3.8, 4) is 0 Å². The molecule has 5 heteroatoms. The summed E-state index contributed by atoms with van der Waals surface area (Å²) in [6.07, 6.45) is 1.69. The predicted molar refractivity (Wildman–Crippen MR) is 106 cm³/mol. The van der Waals surface area contributed by atoms with Gasteiger partial charge in [-0.25, -0.2) is 0 Å². The number of anilines is 1. The normalized spacial score (nSPS) is 15.9. The second-order valence-corrected chi connectivity index (χ2v) is 7.25. The highest BCUT2D eigenvalue weighted by atomic mass is 16.2. The Morgan fingerprint density at radius 1 is 1.08 bits per heavy atom. The Morgan fingerprint density at radius 3 is 2.15 bits per heavy atom. The molecule has 0 N–H and O–H groups in total. The van der Waals surface area contributed by atoms with E-state index < -0.39 is 0 Å². The third-order valence-corrected chi connectivity index (χ3v) is 5.19. The number of nitrogens with zero attached hydrogens (tertiary/aromatic N) is 3. The maximum absolute atomic E-state index is 12.9. The van der Waals surface area contributed by atoms with E-state index in [9.17, 15) is 9.59 Å². The fourth-order valence-electron chi connectivity index (χ4n) is 3.72. The van der Waals surface area contributed by atoms with Crippen LogP contribution in [-0.2, 0) is 9.59 Å². The molecule has 2 rings (SSSR count). The fourth-order valence-corrected chi connectivity index (χ4v) is 3.72. The number of likely N-dealkylation sites (tertiary alicyclic amines) is 1. The topological polar surface area (TPSA) is 43.9 Å². The molecule has 1 fully saturated rings. The Balaban J connectivity index is 1.92. The van der Waals surface area contributed by atoms with Crippen molar-refractivity contribution in [2.75, 3.05) is 37.6 Å². The van der Waals surface area contributed by atoms with Crippen LogP contribution in [0, 0.1) is 5.92 Å². The van der Waals surface area contributed by atoms with Gasteiger partial charge in [-0.15, -0.1) is 0 Å². The number of carbonyl (C=O) groups is 2. The van der Waals surface area contributed by atoms with Crippen LogP contribution in [-0.4, -0.2) is 60.4 Å². The number of para-hydroxylation sites is 1. The van der Waals surface area contributed by atoms with E-state index >= 15 is 0 Å². The van der Waals surface area contributed by atoms with Crippen LogP contribution < -0.4 is 4.90 Å². The third-order valence-electron chi connectivity index (χ3n) is 5.19. The molecule has 0 spiro atoms. The lowest BCUT2D eigenvalue weighted by molar-refractivity contribution is -0.136. The summed E-state index contributed by atoms with van der Waals surface area (Å²) in [5.74, 6) is 0.505. The van der Waals surface area contributed by atoms with Crippen LogP contribution in [0.2, 0.25) is 0 Å². The van der Waals surface area contributed by atoms with Crippen LogP contribution in [0.15, 0.2) is 30.3 Å². The molecule has 1 aliphatic rings. The predicted octanol–water partition coefficient (Wildman–Crippen LogP) is 3.01. The summed E-state index contributed by atoms with van der Waals surface area (Å²) in [5.41, 5.74) is 0.944. The first kappa shape index (κ1) is 20.4. The summed E-state index contributed by atoms with van der Waals surface area (Å²) in [5, 5.41) is 0. The second kappa shape index (κ2) is 9.72. The quantitative estimate of drug-likeness (QED) is 0.752. The molecule has 0 saturated carbocycles. The van der Waals surface area contributed by atoms with Gasteiger partial charge in [0, 0.05) is 30.7 Å². The van der Waals surface area contributed by atoms with Crippen LogP contribution in [0.3, 0.4) is 0 Å². The first-order chi connectivity index (χ1) is 12.5. The van der Waals surface area contributed by atoms with Crippen LogP contribution in [0.5, 0.6) is 0 Å². The molecule has 26 heavy (non-hydrogen) atoms. The molecule has 0 unspecified atom stereocenters. The van der Waals surface area contributed by atoms with Gasteiger partial charge in [0.25, 0.3) is 0 Å². The SMILES string of the molecule is CCN(CC)C(=O)C1CCN(CC(=O)N(c2ccccc2)C(C)C)CC1. The summed E-state index contributed by atoms with van der Waals surface area (Å²) in [6.45, 7) is 11.7. The zero-order valence-corrected chi connectivity index (χ0v) is 16.6. The lowest BCUT2D eigenvalue weighted by Gasteiger charge is -2.35. The summed E-state index contributed by atoms with van der Waals surface area (Å²) in [4.78, 5) is 31.4. The first-order valence-electron chi connectivity index (χ1n) is 9.86. The number of piperidine rings is 1. The third kappa shape index (κ3) is 5.07. The molecule has 1 aromatic rings. The van der Waals surface area contributed by atoms with E-state index in [4.69, 9.17) is 0 Å². The lowest BCUT2D eigenvalue weighted by atomic mass is 9.95. The monoisotopic (exact) mass is 359 g/mol. The van der Waals surface area contributed by atoms with Crippen molar-refractivity contribution < 1.29 is 9.59 Å². The van der Waals surface area contributed by atoms with E-state index in [2.05, 4.69) is 4.90 Å². The molecule has 144 valence electrons. The molecule has 5 nitrogen and oxygen atoms in total. The zero-order chi connectivity index (χ0) is 19.1. The van der Waals surface area contributed by atoms with Gasteiger partial charge in [-0.05, 0) is 65.8 Å². The summed E-state index contributed by atoms with van der Waals surface area (Å²) in [7, 11) is 0. The highest BCUT2D eigenvalue weighted by Crippen LogP contribution is 2.21. The molecule has 0 bridgehead atoms. The molecule has 0 aliphatic carbocycles. The Morgan fingerprint density at radius 2 is 1.65 bits per heavy atom. The Kier molecular flexibility index (Phi) is 7.64. The smallest absolute Gasteiger partial charge is 0.241 e. The van der Waals surface area contributed by atoms with Crippen molar-refractivity contribution in [2.24, 2.45) is 5.92 Å². The van der Waals surface area contributed by atoms with Crippen LogP contribution in [0.1, 0.15) is 40.5 Å². The maximum Gasteiger partial charge on any atom is 0.241 e. The van der Waals surface area contributed by atoms with Gasteiger partial charge in [-0.1, -0.05) is 18.2 Å². The summed E-state index contributed by atoms with van der Waals surface area (Å²) >= 11 is 0. The minimum absolute atomic E-state index is 0.108. The Labute approximate surface area is 158 Å². The molecule has 0 atom stereocenters. The molecule has 1 aromatic carbocycles. The summed E-state index contributed by atoms with van der Waals surface area (Å²) < 4.78 is 0. The lowest BCUT2D eigenvalue weighted by Crippen LogP contribution is -2.47. The Bertz CT molecular complexity index is 576. The highest BCUT2D eigenvalue weighted by molar-refractivity contribution is 5.95. The number of hydrogen-bond acceptors (Lipinski definition) is 3. The van der Waals surface area contributed by atoms with Crippen molar-refractivity contribution in [1.82, 2.24) is 9.80 Å². The average molecular weight is 360 g/mol. The van der Waals surface area contributed by atoms with Gasteiger partial charge < -0.3 is 9.80 Å². The summed E-state index contributed by atoms with van der Waals surface area (Å²) in [6, 6.07) is 9.96. The van der Waals surface area contributed by atoms with E-state index in [-0.39, 0.29) is 23.8 Å². The molecule has 1 saturated heterocycles. The van der Waals surface area contributed by atoms with E-state index in [1.54, 1.807) is 0 Å². The number of benzene rings is 1. The molecule has 0 radical (unpaired) electrons. The van der Waals surface area contributed by atoms with Crippen LogP contribution in [0.25, 0.3) is 0 Å². The van der Waals surface area contributed by atoms with Crippen molar-refractivity contribution in [3.05, 3.63) is 30.3 Å². The van der Waals surface area contributed by atoms with E-state index in [0.717, 1.165) is 44.7 Å². The van der Waals surface area contributed by atoms with Gasteiger partial charge in [0.05, 0.1) is 6.54 Å². The van der Waals surface area contributed by atoms with Gasteiger partial charge in [-0.2, -0.15) is 0 Å². The van der Waals surface area contributed by atoms with Gasteiger partial charge in [0.15, 0.2) is 0 Å². The van der Waals surface area contributed by atoms with Crippen molar-refractivity contribution in [3.63, 3.8) is 0 Å². The van der Waals surface area contributed by atoms with Gasteiger partial charge in [-0.3, -0.25) is 14.5 Å². The highest BCUT2D eigenvalue weighted by Gasteiger charge is 2.29. The number of carbonyl (C=O) groups excluding carboxylic acids is 2. The largest absolute Gasteiger partial charge is 0.343 e. The molecule has 1 heterocycles. The molecule has 2 amide bonds. The van der Waals surface area contributed by atoms with Crippen LogP contribution in [0.4, 0.5) is 5.69 Å². The molecule has 1 aliphatic heterocycles. The van der Waals surface area contributed by atoms with Gasteiger partial charge in [0.2, 0.25) is 11.8 Å². The number of hydrogen-bond donors (Lipinski definition) is 0. The Hall–Kier alpha value is -1.88.